The van der Waals surface area contributed by atoms with Crippen molar-refractivity contribution in [2.45, 2.75) is 19.8 Å². The van der Waals surface area contributed by atoms with Gasteiger partial charge in [-0.15, -0.1) is 0 Å². The predicted octanol–water partition coefficient (Wildman–Crippen LogP) is 4.97. The third kappa shape index (κ3) is 4.26. The maximum Gasteiger partial charge on any atom is 0.252 e. The Kier molecular flexibility index (Phi) is 5.93. The van der Waals surface area contributed by atoms with E-state index in [4.69, 9.17) is 4.74 Å². The number of halogens is 1. The smallest absolute Gasteiger partial charge is 0.252 e. The third-order valence-corrected chi connectivity index (χ3v) is 5.10. The molecule has 4 aromatic rings. The highest BCUT2D eigenvalue weighted by molar-refractivity contribution is 6.11. The van der Waals surface area contributed by atoms with Crippen LogP contribution in [0.15, 0.2) is 54.6 Å². The lowest BCUT2D eigenvalue weighted by molar-refractivity contribution is 0.0955. The van der Waals surface area contributed by atoms with Crippen molar-refractivity contribution >= 4 is 16.9 Å². The molecule has 0 atom stereocenters. The van der Waals surface area contributed by atoms with E-state index in [0.717, 1.165) is 24.2 Å². The van der Waals surface area contributed by atoms with Gasteiger partial charge in [-0.2, -0.15) is 5.10 Å². The van der Waals surface area contributed by atoms with Crippen molar-refractivity contribution in [1.29, 1.82) is 0 Å². The number of fused-ring (bicyclic) bond motifs is 1. The summed E-state index contributed by atoms with van der Waals surface area (Å²) < 4.78 is 18.6. The molecule has 0 unspecified atom stereocenters. The first kappa shape index (κ1) is 20.5. The van der Waals surface area contributed by atoms with Crippen LogP contribution < -0.4 is 10.1 Å². The Bertz CT molecular complexity index is 1200. The van der Waals surface area contributed by atoms with Crippen LogP contribution >= 0.6 is 0 Å². The summed E-state index contributed by atoms with van der Waals surface area (Å²) >= 11 is 0. The van der Waals surface area contributed by atoms with Crippen molar-refractivity contribution < 1.29 is 13.9 Å². The molecule has 0 fully saturated rings. The van der Waals surface area contributed by atoms with Crippen LogP contribution in [0.3, 0.4) is 0 Å². The van der Waals surface area contributed by atoms with Crippen LogP contribution in [0.2, 0.25) is 0 Å². The average Bonchev–Trinajstić information content (AvgIpc) is 3.23. The Morgan fingerprint density at radius 1 is 1.10 bits per heavy atom. The van der Waals surface area contributed by atoms with Crippen LogP contribution in [-0.2, 0) is 0 Å². The van der Waals surface area contributed by atoms with Gasteiger partial charge in [-0.05, 0) is 61.0 Å². The number of rotatable bonds is 7. The molecule has 0 aliphatic carbocycles. The van der Waals surface area contributed by atoms with Gasteiger partial charge >= 0.3 is 0 Å². The van der Waals surface area contributed by atoms with E-state index in [1.54, 1.807) is 25.3 Å². The first-order valence-corrected chi connectivity index (χ1v) is 10.2. The number of methoxy groups -OCH3 is 1. The zero-order valence-corrected chi connectivity index (χ0v) is 17.4. The first-order valence-electron chi connectivity index (χ1n) is 10.2. The zero-order chi connectivity index (χ0) is 21.8. The quantitative estimate of drug-likeness (QED) is 0.415. The van der Waals surface area contributed by atoms with Crippen LogP contribution in [0.5, 0.6) is 5.75 Å². The van der Waals surface area contributed by atoms with Crippen LogP contribution in [0.1, 0.15) is 30.1 Å². The van der Waals surface area contributed by atoms with Crippen molar-refractivity contribution in [3.8, 4) is 28.3 Å². The molecular weight excluding hydrogens is 395 g/mol. The van der Waals surface area contributed by atoms with E-state index in [1.807, 2.05) is 24.3 Å². The van der Waals surface area contributed by atoms with Gasteiger partial charge in [0.15, 0.2) is 5.65 Å². The molecule has 6 nitrogen and oxygen atoms in total. The highest BCUT2D eigenvalue weighted by Gasteiger charge is 2.20. The van der Waals surface area contributed by atoms with E-state index in [2.05, 4.69) is 27.4 Å². The Balaban J connectivity index is 1.85. The minimum Gasteiger partial charge on any atom is -0.497 e. The van der Waals surface area contributed by atoms with Crippen LogP contribution in [0, 0.1) is 5.82 Å². The van der Waals surface area contributed by atoms with Gasteiger partial charge in [0.1, 0.15) is 11.6 Å². The first-order chi connectivity index (χ1) is 15.1. The fourth-order valence-corrected chi connectivity index (χ4v) is 3.41. The largest absolute Gasteiger partial charge is 0.497 e. The molecule has 0 saturated heterocycles. The minimum absolute atomic E-state index is 0.194. The van der Waals surface area contributed by atoms with Gasteiger partial charge in [-0.3, -0.25) is 9.89 Å². The van der Waals surface area contributed by atoms with Crippen molar-refractivity contribution in [1.82, 2.24) is 20.5 Å². The lowest BCUT2D eigenvalue weighted by Crippen LogP contribution is -2.24. The number of benzene rings is 2. The number of amides is 1. The van der Waals surface area contributed by atoms with E-state index in [-0.39, 0.29) is 11.7 Å². The number of nitrogens with one attached hydrogen (secondary N) is 2. The molecule has 0 aliphatic heterocycles. The molecule has 0 aliphatic rings. The zero-order valence-electron chi connectivity index (χ0n) is 17.4. The number of carbonyl (C=O) groups is 1. The van der Waals surface area contributed by atoms with Gasteiger partial charge in [0.25, 0.3) is 5.91 Å². The lowest BCUT2D eigenvalue weighted by Gasteiger charge is -2.10. The summed E-state index contributed by atoms with van der Waals surface area (Å²) in [6.07, 6.45) is 1.87. The average molecular weight is 418 g/mol. The number of aromatic amines is 1. The number of pyridine rings is 1. The molecule has 2 heterocycles. The highest BCUT2D eigenvalue weighted by atomic mass is 19.1. The van der Waals surface area contributed by atoms with E-state index >= 15 is 0 Å². The van der Waals surface area contributed by atoms with E-state index in [9.17, 15) is 9.18 Å². The summed E-state index contributed by atoms with van der Waals surface area (Å²) in [5.41, 5.74) is 3.73. The normalized spacial score (nSPS) is 10.9. The number of hydrogen-bond acceptors (Lipinski definition) is 4. The fourth-order valence-electron chi connectivity index (χ4n) is 3.41. The maximum atomic E-state index is 13.4. The Labute approximate surface area is 179 Å². The molecule has 0 bridgehead atoms. The summed E-state index contributed by atoms with van der Waals surface area (Å²) in [6, 6.07) is 15.3. The molecule has 4 rings (SSSR count). The summed E-state index contributed by atoms with van der Waals surface area (Å²) in [7, 11) is 1.61. The lowest BCUT2D eigenvalue weighted by atomic mass is 10.0. The third-order valence-electron chi connectivity index (χ3n) is 5.10. The predicted molar refractivity (Wildman–Crippen MR) is 119 cm³/mol. The van der Waals surface area contributed by atoms with Crippen molar-refractivity contribution in [3.63, 3.8) is 0 Å². The van der Waals surface area contributed by atoms with Crippen LogP contribution in [0.4, 0.5) is 4.39 Å². The fraction of sp³-hybridized carbons (Fsp3) is 0.208. The minimum atomic E-state index is -0.330. The van der Waals surface area contributed by atoms with Gasteiger partial charge < -0.3 is 10.1 Å². The molecule has 2 N–H and O–H groups in total. The van der Waals surface area contributed by atoms with Crippen molar-refractivity contribution in [2.24, 2.45) is 0 Å². The Morgan fingerprint density at radius 2 is 1.81 bits per heavy atom. The Hall–Kier alpha value is -3.74. The second-order valence-electron chi connectivity index (χ2n) is 7.20. The SMILES string of the molecule is CCCCNC(=O)c1cc(-c2ccc(F)cc2)nc2n[nH]c(-c3ccc(OC)cc3)c12. The molecular formula is C24H23FN4O2. The summed E-state index contributed by atoms with van der Waals surface area (Å²) in [6.45, 7) is 2.65. The number of hydrogen-bond donors (Lipinski definition) is 2. The molecule has 1 amide bonds. The summed E-state index contributed by atoms with van der Waals surface area (Å²) in [5.74, 6) is 0.214. The number of unbranched alkanes of at least 4 members (excludes halogenated alkanes) is 1. The second kappa shape index (κ2) is 8.95. The van der Waals surface area contributed by atoms with Crippen LogP contribution in [-0.4, -0.2) is 34.7 Å². The summed E-state index contributed by atoms with van der Waals surface area (Å²) in [5, 5.41) is 11.0. The maximum absolute atomic E-state index is 13.4. The molecule has 2 aromatic carbocycles. The van der Waals surface area contributed by atoms with Crippen LogP contribution in [0.25, 0.3) is 33.5 Å². The van der Waals surface area contributed by atoms with E-state index in [1.165, 1.54) is 12.1 Å². The van der Waals surface area contributed by atoms with Gasteiger partial charge in [-0.25, -0.2) is 9.37 Å². The van der Waals surface area contributed by atoms with Gasteiger partial charge in [0.05, 0.1) is 29.4 Å². The number of nitrogens with zero attached hydrogens (tertiary/aromatic N) is 2. The highest BCUT2D eigenvalue weighted by Crippen LogP contribution is 2.32. The second-order valence-corrected chi connectivity index (χ2v) is 7.20. The molecule has 7 heteroatoms. The molecule has 2 aromatic heterocycles. The molecule has 158 valence electrons. The monoisotopic (exact) mass is 418 g/mol. The van der Waals surface area contributed by atoms with Crippen molar-refractivity contribution in [2.75, 3.05) is 13.7 Å². The molecule has 0 radical (unpaired) electrons. The topological polar surface area (TPSA) is 79.9 Å². The Morgan fingerprint density at radius 3 is 2.48 bits per heavy atom. The van der Waals surface area contributed by atoms with Gasteiger partial charge in [-0.1, -0.05) is 13.3 Å². The number of carbonyl (C=O) groups excluding carboxylic acids is 1. The van der Waals surface area contributed by atoms with E-state index in [0.29, 0.717) is 40.1 Å². The van der Waals surface area contributed by atoms with Crippen molar-refractivity contribution in [3.05, 3.63) is 66.0 Å². The van der Waals surface area contributed by atoms with E-state index < -0.39 is 0 Å². The summed E-state index contributed by atoms with van der Waals surface area (Å²) in [4.78, 5) is 17.7. The molecule has 0 spiro atoms. The molecule has 31 heavy (non-hydrogen) atoms. The standard InChI is InChI=1S/C24H23FN4O2/c1-3-4-13-26-24(30)19-14-20(15-5-9-17(25)10-6-15)27-23-21(19)22(28-29-23)16-7-11-18(31-2)12-8-16/h5-12,14H,3-4,13H2,1-2H3,(H,26,30)(H,27,28,29). The number of H-pyrrole nitrogens is 1. The number of aromatic nitrogens is 3. The number of ether oxygens (including phenoxy) is 1. The molecule has 0 saturated carbocycles. The van der Waals surface area contributed by atoms with Gasteiger partial charge in [0.2, 0.25) is 0 Å². The van der Waals surface area contributed by atoms with Gasteiger partial charge in [0, 0.05) is 17.7 Å².